The minimum absolute atomic E-state index is 0.215. The lowest BCUT2D eigenvalue weighted by molar-refractivity contribution is -0.138. The first kappa shape index (κ1) is 13.9. The van der Waals surface area contributed by atoms with Crippen molar-refractivity contribution < 1.29 is 13.2 Å². The first-order valence-electron chi connectivity index (χ1n) is 6.82. The molecule has 3 rings (SSSR count). The number of alkyl halides is 3. The molecular formula is C17H14F3N. The molecule has 0 amide bonds. The fourth-order valence-electron chi connectivity index (χ4n) is 2.70. The molecule has 108 valence electrons. The average molecular weight is 289 g/mol. The highest BCUT2D eigenvalue weighted by Gasteiger charge is 2.33. The van der Waals surface area contributed by atoms with Crippen LogP contribution in [-0.2, 0) is 19.0 Å². The second-order valence-corrected chi connectivity index (χ2v) is 5.07. The average Bonchev–Trinajstić information content (AvgIpc) is 2.47. The van der Waals surface area contributed by atoms with Crippen molar-refractivity contribution in [3.05, 3.63) is 70.8 Å². The Kier molecular flexibility index (Phi) is 3.53. The zero-order valence-electron chi connectivity index (χ0n) is 11.3. The number of benzene rings is 2. The Morgan fingerprint density at radius 2 is 1.67 bits per heavy atom. The maximum atomic E-state index is 13.1. The van der Waals surface area contributed by atoms with Gasteiger partial charge in [-0.05, 0) is 29.2 Å². The van der Waals surface area contributed by atoms with Gasteiger partial charge >= 0.3 is 6.18 Å². The van der Waals surface area contributed by atoms with Gasteiger partial charge in [0.25, 0.3) is 0 Å². The van der Waals surface area contributed by atoms with Crippen LogP contribution in [0.25, 0.3) is 0 Å². The van der Waals surface area contributed by atoms with Crippen molar-refractivity contribution in [3.63, 3.8) is 0 Å². The molecule has 0 N–H and O–H groups in total. The molecule has 0 saturated heterocycles. The first-order valence-corrected chi connectivity index (χ1v) is 6.82. The third kappa shape index (κ3) is 2.84. The van der Waals surface area contributed by atoms with Crippen molar-refractivity contribution >= 4 is 5.71 Å². The molecule has 0 fully saturated rings. The Morgan fingerprint density at radius 1 is 0.952 bits per heavy atom. The van der Waals surface area contributed by atoms with E-state index in [0.29, 0.717) is 6.54 Å². The summed E-state index contributed by atoms with van der Waals surface area (Å²) in [4.78, 5) is 4.44. The molecular weight excluding hydrogens is 275 g/mol. The molecule has 0 saturated carbocycles. The Balaban J connectivity index is 1.97. The molecule has 21 heavy (non-hydrogen) atoms. The van der Waals surface area contributed by atoms with Crippen LogP contribution in [0.15, 0.2) is 53.5 Å². The highest BCUT2D eigenvalue weighted by molar-refractivity contribution is 6.03. The number of hydrogen-bond acceptors (Lipinski definition) is 1. The van der Waals surface area contributed by atoms with E-state index in [0.717, 1.165) is 29.3 Å². The van der Waals surface area contributed by atoms with E-state index in [1.807, 2.05) is 24.3 Å². The third-order valence-corrected chi connectivity index (χ3v) is 3.69. The van der Waals surface area contributed by atoms with Crippen LogP contribution in [0, 0.1) is 0 Å². The molecule has 1 nitrogen and oxygen atoms in total. The molecule has 0 aromatic heterocycles. The maximum Gasteiger partial charge on any atom is 0.416 e. The van der Waals surface area contributed by atoms with Gasteiger partial charge < -0.3 is 0 Å². The standard InChI is InChI=1S/C17H14F3N/c18-17(19,20)15-8-4-2-6-13(15)11-16-14-7-3-1-5-12(14)9-10-21-16/h1-8H,9-11H2. The van der Waals surface area contributed by atoms with E-state index < -0.39 is 11.7 Å². The van der Waals surface area contributed by atoms with E-state index in [1.165, 1.54) is 12.1 Å². The Morgan fingerprint density at radius 3 is 2.48 bits per heavy atom. The minimum Gasteiger partial charge on any atom is -0.288 e. The van der Waals surface area contributed by atoms with Gasteiger partial charge in [-0.25, -0.2) is 0 Å². The van der Waals surface area contributed by atoms with Crippen LogP contribution in [0.2, 0.25) is 0 Å². The zero-order chi connectivity index (χ0) is 14.9. The Hall–Kier alpha value is -2.10. The number of rotatable bonds is 2. The fourth-order valence-corrected chi connectivity index (χ4v) is 2.70. The lowest BCUT2D eigenvalue weighted by Crippen LogP contribution is -2.17. The fraction of sp³-hybridized carbons (Fsp3) is 0.235. The highest BCUT2D eigenvalue weighted by atomic mass is 19.4. The van der Waals surface area contributed by atoms with Crippen molar-refractivity contribution in [3.8, 4) is 0 Å². The van der Waals surface area contributed by atoms with Crippen LogP contribution < -0.4 is 0 Å². The number of nitrogens with zero attached hydrogens (tertiary/aromatic N) is 1. The Labute approximate surface area is 121 Å². The molecule has 0 spiro atoms. The molecule has 1 aliphatic heterocycles. The summed E-state index contributed by atoms with van der Waals surface area (Å²) in [6.07, 6.45) is -3.27. The maximum absolute atomic E-state index is 13.1. The quantitative estimate of drug-likeness (QED) is 0.782. The molecule has 2 aromatic rings. The number of fused-ring (bicyclic) bond motifs is 1. The van der Waals surface area contributed by atoms with Gasteiger partial charge in [-0.2, -0.15) is 13.2 Å². The highest BCUT2D eigenvalue weighted by Crippen LogP contribution is 2.32. The molecule has 0 bridgehead atoms. The van der Waals surface area contributed by atoms with Crippen molar-refractivity contribution in [1.82, 2.24) is 0 Å². The van der Waals surface area contributed by atoms with Gasteiger partial charge in [0, 0.05) is 18.7 Å². The van der Waals surface area contributed by atoms with Crippen molar-refractivity contribution in [2.45, 2.75) is 19.0 Å². The molecule has 1 heterocycles. The monoisotopic (exact) mass is 289 g/mol. The largest absolute Gasteiger partial charge is 0.416 e. The zero-order valence-corrected chi connectivity index (χ0v) is 11.3. The van der Waals surface area contributed by atoms with Gasteiger partial charge in [0.1, 0.15) is 0 Å². The summed E-state index contributed by atoms with van der Waals surface area (Å²) in [6, 6.07) is 13.5. The third-order valence-electron chi connectivity index (χ3n) is 3.69. The lowest BCUT2D eigenvalue weighted by Gasteiger charge is -2.18. The van der Waals surface area contributed by atoms with E-state index in [1.54, 1.807) is 6.07 Å². The summed E-state index contributed by atoms with van der Waals surface area (Å²) in [7, 11) is 0. The second kappa shape index (κ2) is 5.35. The summed E-state index contributed by atoms with van der Waals surface area (Å²) in [5.41, 5.74) is 2.58. The number of aliphatic imine (C=N–C) groups is 1. The number of halogens is 3. The predicted octanol–water partition coefficient (Wildman–Crippen LogP) is 4.29. The van der Waals surface area contributed by atoms with Crippen LogP contribution >= 0.6 is 0 Å². The SMILES string of the molecule is FC(F)(F)c1ccccc1CC1=NCCc2ccccc21. The molecule has 0 unspecified atom stereocenters. The van der Waals surface area contributed by atoms with Crippen LogP contribution in [0.3, 0.4) is 0 Å². The van der Waals surface area contributed by atoms with Gasteiger partial charge in [-0.3, -0.25) is 4.99 Å². The lowest BCUT2D eigenvalue weighted by atomic mass is 9.92. The van der Waals surface area contributed by atoms with Crippen molar-refractivity contribution in [2.24, 2.45) is 4.99 Å². The summed E-state index contributed by atoms with van der Waals surface area (Å²) < 4.78 is 39.2. The van der Waals surface area contributed by atoms with Crippen LogP contribution in [0.5, 0.6) is 0 Å². The van der Waals surface area contributed by atoms with E-state index in [9.17, 15) is 13.2 Å². The minimum atomic E-state index is -4.33. The summed E-state index contributed by atoms with van der Waals surface area (Å²) in [5, 5.41) is 0. The van der Waals surface area contributed by atoms with Gasteiger partial charge in [-0.15, -0.1) is 0 Å². The normalized spacial score (nSPS) is 14.5. The molecule has 0 atom stereocenters. The summed E-state index contributed by atoms with van der Waals surface area (Å²) >= 11 is 0. The van der Waals surface area contributed by atoms with Crippen LogP contribution in [-0.4, -0.2) is 12.3 Å². The van der Waals surface area contributed by atoms with Crippen LogP contribution in [0.1, 0.15) is 22.3 Å². The molecule has 1 aliphatic rings. The van der Waals surface area contributed by atoms with Crippen LogP contribution in [0.4, 0.5) is 13.2 Å². The van der Waals surface area contributed by atoms with E-state index >= 15 is 0 Å². The van der Waals surface area contributed by atoms with E-state index in [2.05, 4.69) is 4.99 Å². The smallest absolute Gasteiger partial charge is 0.288 e. The van der Waals surface area contributed by atoms with Gasteiger partial charge in [-0.1, -0.05) is 42.5 Å². The van der Waals surface area contributed by atoms with Gasteiger partial charge in [0.15, 0.2) is 0 Å². The van der Waals surface area contributed by atoms with E-state index in [-0.39, 0.29) is 12.0 Å². The Bertz CT molecular complexity index is 686. The predicted molar refractivity (Wildman–Crippen MR) is 76.7 cm³/mol. The van der Waals surface area contributed by atoms with E-state index in [4.69, 9.17) is 0 Å². The summed E-state index contributed by atoms with van der Waals surface area (Å²) in [5.74, 6) is 0. The molecule has 2 aromatic carbocycles. The second-order valence-electron chi connectivity index (χ2n) is 5.07. The van der Waals surface area contributed by atoms with Gasteiger partial charge in [0.05, 0.1) is 5.56 Å². The molecule has 0 aliphatic carbocycles. The van der Waals surface area contributed by atoms with Crippen molar-refractivity contribution in [2.75, 3.05) is 6.54 Å². The topological polar surface area (TPSA) is 12.4 Å². The van der Waals surface area contributed by atoms with Gasteiger partial charge in [0.2, 0.25) is 0 Å². The van der Waals surface area contributed by atoms with Crippen molar-refractivity contribution in [1.29, 1.82) is 0 Å². The molecule has 4 heteroatoms. The molecule has 0 radical (unpaired) electrons. The first-order chi connectivity index (χ1) is 10.1. The summed E-state index contributed by atoms with van der Waals surface area (Å²) in [6.45, 7) is 0.639. The number of hydrogen-bond donors (Lipinski definition) is 0.